The first-order valence-corrected chi connectivity index (χ1v) is 7.29. The normalized spacial score (nSPS) is 26.5. The van der Waals surface area contributed by atoms with Crippen molar-refractivity contribution >= 4 is 17.8 Å². The van der Waals surface area contributed by atoms with Crippen LogP contribution in [0.5, 0.6) is 0 Å². The van der Waals surface area contributed by atoms with Crippen LogP contribution in [0, 0.1) is 11.8 Å². The number of rotatable bonds is 4. The molecule has 1 N–H and O–H groups in total. The fourth-order valence-corrected chi connectivity index (χ4v) is 2.86. The predicted molar refractivity (Wildman–Crippen MR) is 73.5 cm³/mol. The van der Waals surface area contributed by atoms with E-state index in [-0.39, 0.29) is 31.4 Å². The third-order valence-corrected chi connectivity index (χ3v) is 3.85. The highest BCUT2D eigenvalue weighted by Gasteiger charge is 2.41. The molecule has 0 aromatic rings. The molecule has 0 aliphatic carbocycles. The van der Waals surface area contributed by atoms with E-state index >= 15 is 0 Å². The molecule has 2 aliphatic rings. The average molecular weight is 298 g/mol. The number of morpholine rings is 1. The first-order valence-electron chi connectivity index (χ1n) is 7.29. The Morgan fingerprint density at radius 3 is 2.76 bits per heavy atom. The van der Waals surface area contributed by atoms with Crippen molar-refractivity contribution in [2.45, 2.75) is 26.3 Å². The molecule has 2 fully saturated rings. The van der Waals surface area contributed by atoms with Crippen LogP contribution in [0.15, 0.2) is 0 Å². The lowest BCUT2D eigenvalue weighted by atomic mass is 10.1. The van der Waals surface area contributed by atoms with E-state index in [0.717, 1.165) is 0 Å². The van der Waals surface area contributed by atoms with Crippen LogP contribution in [0.1, 0.15) is 20.3 Å². The zero-order chi connectivity index (χ0) is 15.6. The number of hydrogen-bond acceptors (Lipinski definition) is 4. The van der Waals surface area contributed by atoms with E-state index in [1.807, 2.05) is 13.8 Å². The smallest absolute Gasteiger partial charge is 0.328 e. The Morgan fingerprint density at radius 1 is 1.43 bits per heavy atom. The third-order valence-electron chi connectivity index (χ3n) is 3.85. The van der Waals surface area contributed by atoms with Crippen molar-refractivity contribution in [1.82, 2.24) is 9.80 Å². The Morgan fingerprint density at radius 2 is 2.14 bits per heavy atom. The van der Waals surface area contributed by atoms with Crippen molar-refractivity contribution in [3.8, 4) is 0 Å². The third kappa shape index (κ3) is 3.53. The molecule has 0 bridgehead atoms. The summed E-state index contributed by atoms with van der Waals surface area (Å²) in [5, 5.41) is 9.17. The van der Waals surface area contributed by atoms with Crippen LogP contribution in [0.4, 0.5) is 0 Å². The van der Waals surface area contributed by atoms with Gasteiger partial charge in [0, 0.05) is 26.1 Å². The number of amides is 2. The van der Waals surface area contributed by atoms with Gasteiger partial charge in [0.25, 0.3) is 0 Å². The summed E-state index contributed by atoms with van der Waals surface area (Å²) in [6, 6.07) is -0.944. The van der Waals surface area contributed by atoms with Gasteiger partial charge in [0.15, 0.2) is 6.04 Å². The van der Waals surface area contributed by atoms with E-state index in [9.17, 15) is 19.5 Å². The Balaban J connectivity index is 2.02. The van der Waals surface area contributed by atoms with Crippen LogP contribution >= 0.6 is 0 Å². The molecule has 2 amide bonds. The highest BCUT2D eigenvalue weighted by molar-refractivity contribution is 5.91. The van der Waals surface area contributed by atoms with Gasteiger partial charge in [-0.05, 0) is 5.92 Å². The fraction of sp³-hybridized carbons (Fsp3) is 0.786. The first kappa shape index (κ1) is 15.8. The summed E-state index contributed by atoms with van der Waals surface area (Å²) in [4.78, 5) is 38.7. The number of carboxylic acid groups (broad SMARTS) is 1. The minimum Gasteiger partial charge on any atom is -0.480 e. The number of carbonyl (C=O) groups excluding carboxylic acids is 2. The van der Waals surface area contributed by atoms with Crippen molar-refractivity contribution in [3.63, 3.8) is 0 Å². The number of likely N-dealkylation sites (tertiary alicyclic amines) is 1. The summed E-state index contributed by atoms with van der Waals surface area (Å²) in [7, 11) is 0. The van der Waals surface area contributed by atoms with Crippen LogP contribution in [0.3, 0.4) is 0 Å². The van der Waals surface area contributed by atoms with Crippen molar-refractivity contribution < 1.29 is 24.2 Å². The molecule has 2 heterocycles. The molecular formula is C14H22N2O5. The molecule has 0 saturated carbocycles. The van der Waals surface area contributed by atoms with Crippen LogP contribution in [-0.4, -0.2) is 71.6 Å². The highest BCUT2D eigenvalue weighted by Crippen LogP contribution is 2.23. The van der Waals surface area contributed by atoms with Gasteiger partial charge >= 0.3 is 5.97 Å². The Hall–Kier alpha value is -1.63. The minimum absolute atomic E-state index is 0.0114. The molecule has 2 rings (SSSR count). The van der Waals surface area contributed by atoms with Crippen LogP contribution in [0.2, 0.25) is 0 Å². The predicted octanol–water partition coefficient (Wildman–Crippen LogP) is -0.197. The lowest BCUT2D eigenvalue weighted by molar-refractivity contribution is -0.160. The van der Waals surface area contributed by atoms with Gasteiger partial charge < -0.3 is 19.6 Å². The van der Waals surface area contributed by atoms with Gasteiger partial charge in [-0.25, -0.2) is 4.79 Å². The van der Waals surface area contributed by atoms with Gasteiger partial charge in [-0.1, -0.05) is 13.8 Å². The maximum atomic E-state index is 12.5. The average Bonchev–Trinajstić information content (AvgIpc) is 2.78. The van der Waals surface area contributed by atoms with Crippen molar-refractivity contribution in [1.29, 1.82) is 0 Å². The Kier molecular flexibility index (Phi) is 4.82. The molecule has 0 radical (unpaired) electrons. The zero-order valence-corrected chi connectivity index (χ0v) is 12.4. The SMILES string of the molecule is CC(C)CN1CC(C(=O)N2CCOCC2C(=O)O)CC1=O. The second kappa shape index (κ2) is 6.43. The molecule has 2 saturated heterocycles. The number of ether oxygens (including phenoxy) is 1. The lowest BCUT2D eigenvalue weighted by Crippen LogP contribution is -2.54. The monoisotopic (exact) mass is 298 g/mol. The number of hydrogen-bond donors (Lipinski definition) is 1. The Labute approximate surface area is 123 Å². The second-order valence-corrected chi connectivity index (χ2v) is 6.05. The molecule has 2 aliphatic heterocycles. The topological polar surface area (TPSA) is 87.2 Å². The summed E-state index contributed by atoms with van der Waals surface area (Å²) in [5.74, 6) is -1.42. The van der Waals surface area contributed by atoms with Crippen LogP contribution in [-0.2, 0) is 19.1 Å². The molecule has 0 spiro atoms. The summed E-state index contributed by atoms with van der Waals surface area (Å²) >= 11 is 0. The number of carbonyl (C=O) groups is 3. The number of nitrogens with zero attached hydrogens (tertiary/aromatic N) is 2. The van der Waals surface area contributed by atoms with Crippen LogP contribution < -0.4 is 0 Å². The molecule has 118 valence electrons. The number of carboxylic acids is 1. The van der Waals surface area contributed by atoms with Crippen molar-refractivity contribution in [2.75, 3.05) is 32.8 Å². The lowest BCUT2D eigenvalue weighted by Gasteiger charge is -2.34. The fourth-order valence-electron chi connectivity index (χ4n) is 2.86. The summed E-state index contributed by atoms with van der Waals surface area (Å²) < 4.78 is 5.13. The van der Waals surface area contributed by atoms with Gasteiger partial charge in [0.05, 0.1) is 19.1 Å². The van der Waals surface area contributed by atoms with E-state index in [1.54, 1.807) is 4.90 Å². The van der Waals surface area contributed by atoms with E-state index in [1.165, 1.54) is 4.90 Å². The largest absolute Gasteiger partial charge is 0.480 e. The van der Waals surface area contributed by atoms with Gasteiger partial charge in [-0.15, -0.1) is 0 Å². The van der Waals surface area contributed by atoms with Gasteiger partial charge in [-0.2, -0.15) is 0 Å². The van der Waals surface area contributed by atoms with Crippen LogP contribution in [0.25, 0.3) is 0 Å². The molecular weight excluding hydrogens is 276 g/mol. The van der Waals surface area contributed by atoms with Gasteiger partial charge in [-0.3, -0.25) is 9.59 Å². The highest BCUT2D eigenvalue weighted by atomic mass is 16.5. The number of aliphatic carboxylic acids is 1. The standard InChI is InChI=1S/C14H22N2O5/c1-9(2)6-15-7-10(5-12(15)17)13(18)16-3-4-21-8-11(16)14(19)20/h9-11H,3-8H2,1-2H3,(H,19,20). The van der Waals surface area contributed by atoms with Crippen molar-refractivity contribution in [3.05, 3.63) is 0 Å². The van der Waals surface area contributed by atoms with Gasteiger partial charge in [0.1, 0.15) is 0 Å². The van der Waals surface area contributed by atoms with Crippen molar-refractivity contribution in [2.24, 2.45) is 11.8 Å². The molecule has 2 atom stereocenters. The first-order chi connectivity index (χ1) is 9.90. The molecule has 2 unspecified atom stereocenters. The second-order valence-electron chi connectivity index (χ2n) is 6.05. The van der Waals surface area contributed by atoms with E-state index < -0.39 is 17.9 Å². The van der Waals surface area contributed by atoms with E-state index in [0.29, 0.717) is 25.6 Å². The molecule has 0 aromatic heterocycles. The van der Waals surface area contributed by atoms with Gasteiger partial charge in [0.2, 0.25) is 11.8 Å². The minimum atomic E-state index is -1.06. The van der Waals surface area contributed by atoms with E-state index in [4.69, 9.17) is 4.74 Å². The maximum Gasteiger partial charge on any atom is 0.328 e. The summed E-state index contributed by atoms with van der Waals surface area (Å²) in [6.45, 7) is 5.68. The maximum absolute atomic E-state index is 12.5. The van der Waals surface area contributed by atoms with E-state index in [2.05, 4.69) is 0 Å². The molecule has 21 heavy (non-hydrogen) atoms. The molecule has 0 aromatic carbocycles. The summed E-state index contributed by atoms with van der Waals surface area (Å²) in [5.41, 5.74) is 0. The quantitative estimate of drug-likeness (QED) is 0.777. The summed E-state index contributed by atoms with van der Waals surface area (Å²) in [6.07, 6.45) is 0.176. The molecule has 7 nitrogen and oxygen atoms in total. The molecule has 7 heteroatoms. The Bertz CT molecular complexity index is 437. The zero-order valence-electron chi connectivity index (χ0n) is 12.4.